The molecule has 8 heteroatoms. The Morgan fingerprint density at radius 2 is 1.77 bits per heavy atom. The normalized spacial score (nSPS) is 16.4. The number of carbonyl (C=O) groups excluding carboxylic acids is 2. The SMILES string of the molecule is COc1cccc([C@H]2/C(=C(\O)c3ccc(OCc4cccc(C)c4)cc3)C(=O)C(=O)N2CCCn2ccnc2)c1. The number of ether oxygens (including phenoxy) is 2. The van der Waals surface area contributed by atoms with Gasteiger partial charge in [0.1, 0.15) is 23.9 Å². The van der Waals surface area contributed by atoms with E-state index in [-0.39, 0.29) is 11.3 Å². The Labute approximate surface area is 233 Å². The number of nitrogens with zero attached hydrogens (tertiary/aromatic N) is 3. The molecule has 1 atom stereocenters. The van der Waals surface area contributed by atoms with Gasteiger partial charge in [-0.05, 0) is 60.9 Å². The Kier molecular flexibility index (Phi) is 7.96. The van der Waals surface area contributed by atoms with E-state index in [2.05, 4.69) is 11.1 Å². The molecule has 204 valence electrons. The van der Waals surface area contributed by atoms with Gasteiger partial charge in [0.05, 0.1) is 25.1 Å². The summed E-state index contributed by atoms with van der Waals surface area (Å²) in [6.45, 7) is 3.40. The number of aromatic nitrogens is 2. The Hall–Kier alpha value is -4.85. The topological polar surface area (TPSA) is 93.9 Å². The fraction of sp³-hybridized carbons (Fsp3) is 0.219. The van der Waals surface area contributed by atoms with E-state index in [9.17, 15) is 14.7 Å². The van der Waals surface area contributed by atoms with Gasteiger partial charge in [-0.25, -0.2) is 4.98 Å². The molecule has 0 bridgehead atoms. The van der Waals surface area contributed by atoms with Gasteiger partial charge in [-0.2, -0.15) is 0 Å². The fourth-order valence-corrected chi connectivity index (χ4v) is 4.94. The first-order valence-electron chi connectivity index (χ1n) is 13.1. The zero-order valence-electron chi connectivity index (χ0n) is 22.5. The summed E-state index contributed by atoms with van der Waals surface area (Å²) < 4.78 is 13.2. The lowest BCUT2D eigenvalue weighted by molar-refractivity contribution is -0.139. The number of ketones is 1. The van der Waals surface area contributed by atoms with Crippen LogP contribution in [-0.2, 0) is 22.7 Å². The number of hydrogen-bond acceptors (Lipinski definition) is 6. The summed E-state index contributed by atoms with van der Waals surface area (Å²) in [5.74, 6) is -0.363. The molecular formula is C32H31N3O5. The van der Waals surface area contributed by atoms with Crippen LogP contribution in [0.25, 0.3) is 5.76 Å². The quantitative estimate of drug-likeness (QED) is 0.168. The van der Waals surface area contributed by atoms with E-state index in [0.29, 0.717) is 48.7 Å². The highest BCUT2D eigenvalue weighted by Crippen LogP contribution is 2.40. The molecule has 1 aliphatic heterocycles. The van der Waals surface area contributed by atoms with Crippen LogP contribution in [0.15, 0.2) is 97.1 Å². The van der Waals surface area contributed by atoms with E-state index in [1.54, 1.807) is 62.1 Å². The molecular weight excluding hydrogens is 506 g/mol. The number of aryl methyl sites for hydroxylation is 2. The number of carbonyl (C=O) groups is 2. The molecule has 1 aromatic heterocycles. The van der Waals surface area contributed by atoms with E-state index >= 15 is 0 Å². The summed E-state index contributed by atoms with van der Waals surface area (Å²) in [5.41, 5.74) is 3.37. The first-order valence-corrected chi connectivity index (χ1v) is 13.1. The lowest BCUT2D eigenvalue weighted by Crippen LogP contribution is -2.31. The zero-order chi connectivity index (χ0) is 28.1. The van der Waals surface area contributed by atoms with E-state index in [4.69, 9.17) is 9.47 Å². The number of aliphatic hydroxyl groups is 1. The van der Waals surface area contributed by atoms with Crippen LogP contribution in [-0.4, -0.2) is 44.9 Å². The second-order valence-electron chi connectivity index (χ2n) is 9.73. The molecule has 0 radical (unpaired) electrons. The van der Waals surface area contributed by atoms with Crippen LogP contribution in [0, 0.1) is 6.92 Å². The highest BCUT2D eigenvalue weighted by atomic mass is 16.5. The Morgan fingerprint density at radius 1 is 0.975 bits per heavy atom. The van der Waals surface area contributed by atoms with Crippen LogP contribution >= 0.6 is 0 Å². The van der Waals surface area contributed by atoms with Gasteiger partial charge in [0.25, 0.3) is 11.7 Å². The minimum Gasteiger partial charge on any atom is -0.507 e. The molecule has 0 spiro atoms. The van der Waals surface area contributed by atoms with Crippen LogP contribution in [0.5, 0.6) is 11.5 Å². The van der Waals surface area contributed by atoms with Crippen LogP contribution in [0.3, 0.4) is 0 Å². The van der Waals surface area contributed by atoms with Crippen molar-refractivity contribution in [1.29, 1.82) is 0 Å². The second-order valence-corrected chi connectivity index (χ2v) is 9.73. The van der Waals surface area contributed by atoms with Gasteiger partial charge in [-0.3, -0.25) is 9.59 Å². The standard InChI is InChI=1S/C32H31N3O5/c1-22-6-3-7-23(18-22)20-40-26-12-10-24(11-13-26)30(36)28-29(25-8-4-9-27(19-25)39-2)35(32(38)31(28)37)16-5-15-34-17-14-33-21-34/h3-4,6-14,17-19,21,29,36H,5,15-16,20H2,1-2H3/b30-28+/t29-/m0/s1. The van der Waals surface area contributed by atoms with Crippen LogP contribution in [0.2, 0.25) is 0 Å². The summed E-state index contributed by atoms with van der Waals surface area (Å²) >= 11 is 0. The van der Waals surface area contributed by atoms with Crippen molar-refractivity contribution in [1.82, 2.24) is 14.5 Å². The fourth-order valence-electron chi connectivity index (χ4n) is 4.94. The maximum Gasteiger partial charge on any atom is 0.295 e. The van der Waals surface area contributed by atoms with Crippen LogP contribution < -0.4 is 9.47 Å². The van der Waals surface area contributed by atoms with Gasteiger partial charge >= 0.3 is 0 Å². The Morgan fingerprint density at radius 3 is 2.50 bits per heavy atom. The minimum absolute atomic E-state index is 0.0503. The summed E-state index contributed by atoms with van der Waals surface area (Å²) in [4.78, 5) is 32.2. The van der Waals surface area contributed by atoms with Crippen LogP contribution in [0.4, 0.5) is 0 Å². The van der Waals surface area contributed by atoms with E-state index in [1.165, 1.54) is 4.90 Å². The molecule has 1 amide bonds. The van der Waals surface area contributed by atoms with Gasteiger partial charge in [0, 0.05) is 31.0 Å². The molecule has 1 fully saturated rings. The molecule has 0 saturated carbocycles. The number of methoxy groups -OCH3 is 1. The van der Waals surface area contributed by atoms with Crippen molar-refractivity contribution in [2.24, 2.45) is 0 Å². The molecule has 1 aliphatic rings. The Bertz CT molecular complexity index is 1530. The van der Waals surface area contributed by atoms with E-state index in [0.717, 1.165) is 11.1 Å². The number of likely N-dealkylation sites (tertiary alicyclic amines) is 1. The van der Waals surface area contributed by atoms with Gasteiger partial charge < -0.3 is 24.0 Å². The summed E-state index contributed by atoms with van der Waals surface area (Å²) in [6, 6.07) is 21.4. The summed E-state index contributed by atoms with van der Waals surface area (Å²) in [6.07, 6.45) is 5.86. The largest absolute Gasteiger partial charge is 0.507 e. The predicted molar refractivity (Wildman–Crippen MR) is 151 cm³/mol. The third kappa shape index (κ3) is 5.76. The third-order valence-electron chi connectivity index (χ3n) is 6.94. The smallest absolute Gasteiger partial charge is 0.295 e. The number of hydrogen-bond donors (Lipinski definition) is 1. The summed E-state index contributed by atoms with van der Waals surface area (Å²) in [7, 11) is 1.56. The molecule has 8 nitrogen and oxygen atoms in total. The molecule has 2 heterocycles. The van der Waals surface area contributed by atoms with Crippen molar-refractivity contribution >= 4 is 17.4 Å². The number of benzene rings is 3. The first kappa shape index (κ1) is 26.7. The number of Topliss-reactive ketones (excluding diaryl/α,β-unsaturated/α-hetero) is 1. The number of aliphatic hydroxyl groups excluding tert-OH is 1. The molecule has 1 N–H and O–H groups in total. The molecule has 5 rings (SSSR count). The van der Waals surface area contributed by atoms with Crippen molar-refractivity contribution in [2.75, 3.05) is 13.7 Å². The number of rotatable bonds is 10. The average molecular weight is 538 g/mol. The average Bonchev–Trinajstić information content (AvgIpc) is 3.58. The van der Waals surface area contributed by atoms with Gasteiger partial charge in [0.15, 0.2) is 0 Å². The lowest BCUT2D eigenvalue weighted by atomic mass is 9.95. The minimum atomic E-state index is -0.755. The molecule has 4 aromatic rings. The molecule has 0 unspecified atom stereocenters. The van der Waals surface area contributed by atoms with Crippen molar-refractivity contribution in [3.63, 3.8) is 0 Å². The maximum absolute atomic E-state index is 13.3. The molecule has 1 saturated heterocycles. The second kappa shape index (κ2) is 11.9. The third-order valence-corrected chi connectivity index (χ3v) is 6.94. The highest BCUT2D eigenvalue weighted by Gasteiger charge is 2.45. The van der Waals surface area contributed by atoms with E-state index in [1.807, 2.05) is 42.0 Å². The number of amides is 1. The maximum atomic E-state index is 13.3. The van der Waals surface area contributed by atoms with Crippen molar-refractivity contribution < 1.29 is 24.2 Å². The van der Waals surface area contributed by atoms with Crippen molar-refractivity contribution in [3.8, 4) is 11.5 Å². The van der Waals surface area contributed by atoms with Gasteiger partial charge in [-0.15, -0.1) is 0 Å². The molecule has 3 aromatic carbocycles. The summed E-state index contributed by atoms with van der Waals surface area (Å²) in [5, 5.41) is 11.4. The predicted octanol–water partition coefficient (Wildman–Crippen LogP) is 5.29. The Balaban J connectivity index is 1.42. The van der Waals surface area contributed by atoms with Gasteiger partial charge in [0.2, 0.25) is 0 Å². The van der Waals surface area contributed by atoms with Crippen molar-refractivity contribution in [3.05, 3.63) is 119 Å². The first-order chi connectivity index (χ1) is 19.4. The zero-order valence-corrected chi connectivity index (χ0v) is 22.5. The molecule has 0 aliphatic carbocycles. The number of imidazole rings is 1. The van der Waals surface area contributed by atoms with Crippen LogP contribution in [0.1, 0.15) is 34.7 Å². The van der Waals surface area contributed by atoms with E-state index < -0.39 is 17.7 Å². The lowest BCUT2D eigenvalue weighted by Gasteiger charge is -2.25. The van der Waals surface area contributed by atoms with Gasteiger partial charge in [-0.1, -0.05) is 42.0 Å². The van der Waals surface area contributed by atoms with Crippen molar-refractivity contribution in [2.45, 2.75) is 32.5 Å². The molecule has 40 heavy (non-hydrogen) atoms. The monoisotopic (exact) mass is 537 g/mol. The highest BCUT2D eigenvalue weighted by molar-refractivity contribution is 6.46.